The van der Waals surface area contributed by atoms with E-state index in [0.717, 1.165) is 5.56 Å². The van der Waals surface area contributed by atoms with Gasteiger partial charge in [0.05, 0.1) is 4.90 Å². The van der Waals surface area contributed by atoms with Gasteiger partial charge in [-0.1, -0.05) is 29.8 Å². The zero-order valence-electron chi connectivity index (χ0n) is 22.6. The maximum atomic E-state index is 12.9. The summed E-state index contributed by atoms with van der Waals surface area (Å²) in [5.41, 5.74) is 2.07. The fourth-order valence-electron chi connectivity index (χ4n) is 2.94. The smallest absolute Gasteiger partial charge is 0.444 e. The lowest BCUT2D eigenvalue weighted by molar-refractivity contribution is -0.123. The summed E-state index contributed by atoms with van der Waals surface area (Å²) >= 11 is 0. The van der Waals surface area contributed by atoms with Gasteiger partial charge in [-0.25, -0.2) is 18.0 Å². The van der Waals surface area contributed by atoms with Crippen LogP contribution in [0.5, 0.6) is 5.75 Å². The second kappa shape index (κ2) is 12.3. The summed E-state index contributed by atoms with van der Waals surface area (Å²) in [5.74, 6) is -0.601. The summed E-state index contributed by atoms with van der Waals surface area (Å²) in [4.78, 5) is 39.2. The van der Waals surface area contributed by atoms with E-state index in [2.05, 4.69) is 10.7 Å². The molecule has 11 nitrogen and oxygen atoms in total. The van der Waals surface area contributed by atoms with E-state index in [4.69, 9.17) is 14.2 Å². The Morgan fingerprint density at radius 1 is 0.842 bits per heavy atom. The lowest BCUT2D eigenvalue weighted by Crippen LogP contribution is -2.53. The minimum Gasteiger partial charge on any atom is -0.444 e. The average molecular weight is 550 g/mol. The third kappa shape index (κ3) is 10.8. The van der Waals surface area contributed by atoms with Crippen molar-refractivity contribution in [2.24, 2.45) is 0 Å². The van der Waals surface area contributed by atoms with Gasteiger partial charge in [0, 0.05) is 6.42 Å². The maximum absolute atomic E-state index is 12.9. The molecular formula is C26H35N3O8S. The summed E-state index contributed by atoms with van der Waals surface area (Å²) in [6.45, 7) is 11.9. The van der Waals surface area contributed by atoms with Crippen molar-refractivity contribution in [1.29, 1.82) is 0 Å². The zero-order valence-corrected chi connectivity index (χ0v) is 23.4. The van der Waals surface area contributed by atoms with Crippen LogP contribution < -0.4 is 20.3 Å². The van der Waals surface area contributed by atoms with Crippen LogP contribution in [0.15, 0.2) is 53.4 Å². The molecule has 0 saturated heterocycles. The van der Waals surface area contributed by atoms with Crippen molar-refractivity contribution < 1.29 is 37.0 Å². The van der Waals surface area contributed by atoms with Gasteiger partial charge in [-0.2, -0.15) is 0 Å². The number of hydrogen-bond acceptors (Lipinski definition) is 8. The predicted molar refractivity (Wildman–Crippen MR) is 140 cm³/mol. The topological polar surface area (TPSA) is 149 Å². The van der Waals surface area contributed by atoms with Crippen molar-refractivity contribution >= 4 is 28.2 Å². The molecule has 0 aromatic heterocycles. The summed E-state index contributed by atoms with van der Waals surface area (Å²) in [5, 5.41) is 2.46. The summed E-state index contributed by atoms with van der Waals surface area (Å²) in [7, 11) is -4.05. The minimum atomic E-state index is -4.05. The van der Waals surface area contributed by atoms with E-state index in [1.54, 1.807) is 65.8 Å². The number of nitrogens with one attached hydrogen (secondary N) is 3. The third-order valence-corrected chi connectivity index (χ3v) is 5.86. The van der Waals surface area contributed by atoms with Crippen molar-refractivity contribution in [3.8, 4) is 5.75 Å². The zero-order chi connectivity index (χ0) is 28.7. The number of carbonyl (C=O) groups excluding carboxylic acids is 3. The number of aryl methyl sites for hydroxylation is 1. The van der Waals surface area contributed by atoms with E-state index in [-0.39, 0.29) is 17.1 Å². The van der Waals surface area contributed by atoms with Gasteiger partial charge in [0.2, 0.25) is 0 Å². The van der Waals surface area contributed by atoms with Crippen LogP contribution in [0.3, 0.4) is 0 Å². The van der Waals surface area contributed by atoms with E-state index in [1.807, 2.05) is 11.8 Å². The van der Waals surface area contributed by atoms with Gasteiger partial charge in [0.25, 0.3) is 15.9 Å². The molecule has 0 aliphatic carbocycles. The Morgan fingerprint density at radius 3 is 1.92 bits per heavy atom. The Balaban J connectivity index is 2.13. The molecule has 2 aromatic rings. The van der Waals surface area contributed by atoms with Crippen molar-refractivity contribution in [3.63, 3.8) is 0 Å². The molecule has 0 radical (unpaired) electrons. The molecule has 3 N–H and O–H groups in total. The van der Waals surface area contributed by atoms with Crippen molar-refractivity contribution in [1.82, 2.24) is 15.6 Å². The number of ether oxygens (including phenoxy) is 3. The van der Waals surface area contributed by atoms with Crippen LogP contribution in [0.25, 0.3) is 0 Å². The molecule has 0 heterocycles. The highest BCUT2D eigenvalue weighted by Crippen LogP contribution is 2.17. The van der Waals surface area contributed by atoms with Gasteiger partial charge in [-0.05, 0) is 78.3 Å². The Labute approximate surface area is 223 Å². The van der Waals surface area contributed by atoms with Crippen LogP contribution in [-0.2, 0) is 30.7 Å². The molecule has 0 saturated carbocycles. The molecule has 2 aromatic carbocycles. The molecule has 0 spiro atoms. The molecule has 2 amide bonds. The molecule has 0 aliphatic rings. The van der Waals surface area contributed by atoms with E-state index in [9.17, 15) is 22.8 Å². The molecule has 0 fully saturated rings. The van der Waals surface area contributed by atoms with E-state index in [0.29, 0.717) is 5.56 Å². The standard InChI is InChI=1S/C26H35N3O8S/c1-17-8-14-20(15-9-17)38(33,34)29-28-22(30)21(27-23(31)36-25(2,3)4)16-18-10-12-19(13-11-18)35-24(32)37-26(5,6)7/h8-15,21,29H,16H2,1-7H3,(H,27,31)(H,28,30)/t21-/m0/s1. The van der Waals surface area contributed by atoms with E-state index in [1.165, 1.54) is 24.3 Å². The SMILES string of the molecule is Cc1ccc(S(=O)(=O)NNC(=O)[C@H](Cc2ccc(OC(=O)OC(C)(C)C)cc2)NC(=O)OC(C)(C)C)cc1. The first-order chi connectivity index (χ1) is 17.4. The second-order valence-corrected chi connectivity index (χ2v) is 12.2. The number of hydrazine groups is 1. The molecule has 12 heteroatoms. The quantitative estimate of drug-likeness (QED) is 0.256. The number of benzene rings is 2. The first-order valence-electron chi connectivity index (χ1n) is 11.8. The van der Waals surface area contributed by atoms with Gasteiger partial charge in [0.15, 0.2) is 0 Å². The van der Waals surface area contributed by atoms with Gasteiger partial charge in [0.1, 0.15) is 23.0 Å². The largest absolute Gasteiger partial charge is 0.514 e. The number of sulfonamides is 1. The molecule has 38 heavy (non-hydrogen) atoms. The number of rotatable bonds is 8. The molecule has 2 rings (SSSR count). The van der Waals surface area contributed by atoms with Crippen LogP contribution in [0.4, 0.5) is 9.59 Å². The van der Waals surface area contributed by atoms with Crippen molar-refractivity contribution in [2.45, 2.75) is 77.0 Å². The summed E-state index contributed by atoms with van der Waals surface area (Å²) < 4.78 is 40.6. The van der Waals surface area contributed by atoms with E-state index >= 15 is 0 Å². The number of carbonyl (C=O) groups is 3. The fourth-order valence-corrected chi connectivity index (χ4v) is 3.78. The van der Waals surface area contributed by atoms with Gasteiger partial charge in [-0.3, -0.25) is 10.2 Å². The fraction of sp³-hybridized carbons (Fsp3) is 0.423. The van der Waals surface area contributed by atoms with Crippen molar-refractivity contribution in [2.75, 3.05) is 0 Å². The lowest BCUT2D eigenvalue weighted by Gasteiger charge is -2.23. The molecule has 208 valence electrons. The predicted octanol–water partition coefficient (Wildman–Crippen LogP) is 3.75. The second-order valence-electron chi connectivity index (χ2n) is 10.5. The highest BCUT2D eigenvalue weighted by molar-refractivity contribution is 7.89. The Morgan fingerprint density at radius 2 is 1.39 bits per heavy atom. The summed E-state index contributed by atoms with van der Waals surface area (Å²) in [6, 6.07) is 11.0. The first-order valence-corrected chi connectivity index (χ1v) is 13.3. The Bertz CT molecular complexity index is 1230. The van der Waals surface area contributed by atoms with Gasteiger partial charge in [-0.15, -0.1) is 4.83 Å². The lowest BCUT2D eigenvalue weighted by atomic mass is 10.1. The van der Waals surface area contributed by atoms with Crippen LogP contribution in [-0.4, -0.2) is 43.8 Å². The highest BCUT2D eigenvalue weighted by atomic mass is 32.2. The molecule has 1 atom stereocenters. The van der Waals surface area contributed by atoms with Crippen LogP contribution in [0.2, 0.25) is 0 Å². The first kappa shape index (κ1) is 30.6. The summed E-state index contributed by atoms with van der Waals surface area (Å²) in [6.07, 6.45) is -1.75. The van der Waals surface area contributed by atoms with Gasteiger partial charge < -0.3 is 19.5 Å². The minimum absolute atomic E-state index is 0.0238. The van der Waals surface area contributed by atoms with Crippen LogP contribution >= 0.6 is 0 Å². The van der Waals surface area contributed by atoms with Crippen molar-refractivity contribution in [3.05, 3.63) is 59.7 Å². The van der Waals surface area contributed by atoms with E-state index < -0.39 is 45.4 Å². The number of amides is 2. The van der Waals surface area contributed by atoms with Crippen LogP contribution in [0.1, 0.15) is 52.7 Å². The molecular weight excluding hydrogens is 514 g/mol. The number of alkyl carbamates (subject to hydrolysis) is 1. The number of hydrogen-bond donors (Lipinski definition) is 3. The average Bonchev–Trinajstić information content (AvgIpc) is 2.76. The molecule has 0 aliphatic heterocycles. The molecule has 0 unspecified atom stereocenters. The normalized spacial score (nSPS) is 12.7. The highest BCUT2D eigenvalue weighted by Gasteiger charge is 2.26. The van der Waals surface area contributed by atoms with Gasteiger partial charge >= 0.3 is 12.2 Å². The maximum Gasteiger partial charge on any atom is 0.514 e. The molecule has 0 bridgehead atoms. The Hall–Kier alpha value is -3.64. The Kier molecular flexibility index (Phi) is 9.87. The third-order valence-electron chi connectivity index (χ3n) is 4.60. The monoisotopic (exact) mass is 549 g/mol. The van der Waals surface area contributed by atoms with Crippen LogP contribution in [0, 0.1) is 6.92 Å².